The van der Waals surface area contributed by atoms with E-state index in [9.17, 15) is 4.79 Å². The molecule has 0 saturated carbocycles. The van der Waals surface area contributed by atoms with Crippen LogP contribution in [0.2, 0.25) is 0 Å². The zero-order valence-corrected chi connectivity index (χ0v) is 18.7. The second kappa shape index (κ2) is 9.13. The number of nitrogens with one attached hydrogen (secondary N) is 1. The first-order valence-electron chi connectivity index (χ1n) is 10.6. The summed E-state index contributed by atoms with van der Waals surface area (Å²) < 4.78 is 7.14. The van der Waals surface area contributed by atoms with Gasteiger partial charge in [-0.15, -0.1) is 0 Å². The fourth-order valence-corrected chi connectivity index (χ4v) is 3.63. The Morgan fingerprint density at radius 2 is 1.88 bits per heavy atom. The normalized spacial score (nSPS) is 11.2. The van der Waals surface area contributed by atoms with Crippen molar-refractivity contribution < 1.29 is 9.32 Å². The van der Waals surface area contributed by atoms with Crippen molar-refractivity contribution in [3.63, 3.8) is 0 Å². The van der Waals surface area contributed by atoms with Crippen molar-refractivity contribution in [2.24, 2.45) is 0 Å². The highest BCUT2D eigenvalue weighted by molar-refractivity contribution is 5.96. The average Bonchev–Trinajstić information content (AvgIpc) is 3.39. The molecule has 1 N–H and O–H groups in total. The molecule has 0 aliphatic heterocycles. The molecule has 0 aliphatic carbocycles. The highest BCUT2D eigenvalue weighted by Crippen LogP contribution is 2.31. The molecule has 1 amide bonds. The molecular formula is C24H26N6O2. The van der Waals surface area contributed by atoms with Crippen LogP contribution in [0.1, 0.15) is 47.3 Å². The number of carbonyl (C=O) groups is 1. The van der Waals surface area contributed by atoms with Crippen LogP contribution in [-0.4, -0.2) is 37.4 Å². The smallest absolute Gasteiger partial charge is 0.256 e. The first-order chi connectivity index (χ1) is 15.5. The minimum Gasteiger partial charge on any atom is -0.361 e. The maximum Gasteiger partial charge on any atom is 0.256 e. The summed E-state index contributed by atoms with van der Waals surface area (Å²) in [5.41, 5.74) is 6.05. The molecule has 0 fully saturated rings. The van der Waals surface area contributed by atoms with E-state index in [4.69, 9.17) is 4.52 Å². The van der Waals surface area contributed by atoms with Gasteiger partial charge in [-0.3, -0.25) is 19.4 Å². The molecule has 8 nitrogen and oxygen atoms in total. The van der Waals surface area contributed by atoms with Crippen LogP contribution in [0.5, 0.6) is 0 Å². The summed E-state index contributed by atoms with van der Waals surface area (Å²) in [6, 6.07) is 7.92. The Hall–Kier alpha value is -3.81. The molecule has 0 bridgehead atoms. The van der Waals surface area contributed by atoms with Crippen LogP contribution in [0.15, 0.2) is 53.6 Å². The number of rotatable bonds is 7. The molecule has 0 aromatic carbocycles. The van der Waals surface area contributed by atoms with Gasteiger partial charge in [0.1, 0.15) is 11.3 Å². The van der Waals surface area contributed by atoms with Gasteiger partial charge < -0.3 is 9.84 Å². The standard InChI is InChI=1S/C24H26N6O2/c1-15(2)22-21(17(4)32-29-22)24(31)26-11-12-30-23(19-6-5-16(3)27-13-19)20(14-28-30)18-7-9-25-10-8-18/h5-10,13-15H,11-12H2,1-4H3,(H,26,31). The fourth-order valence-electron chi connectivity index (χ4n) is 3.63. The van der Waals surface area contributed by atoms with Crippen LogP contribution in [0, 0.1) is 13.8 Å². The third kappa shape index (κ3) is 4.30. The quantitative estimate of drug-likeness (QED) is 0.473. The molecule has 32 heavy (non-hydrogen) atoms. The zero-order chi connectivity index (χ0) is 22.7. The summed E-state index contributed by atoms with van der Waals surface area (Å²) in [5.74, 6) is 0.437. The highest BCUT2D eigenvalue weighted by atomic mass is 16.5. The van der Waals surface area contributed by atoms with Crippen LogP contribution < -0.4 is 5.32 Å². The highest BCUT2D eigenvalue weighted by Gasteiger charge is 2.22. The summed E-state index contributed by atoms with van der Waals surface area (Å²) in [5, 5.41) is 11.6. The predicted molar refractivity (Wildman–Crippen MR) is 121 cm³/mol. The molecule has 0 aliphatic rings. The molecule has 4 heterocycles. The Balaban J connectivity index is 1.58. The van der Waals surface area contributed by atoms with E-state index in [1.807, 2.05) is 62.1 Å². The van der Waals surface area contributed by atoms with E-state index in [1.165, 1.54) is 0 Å². The van der Waals surface area contributed by atoms with Crippen LogP contribution in [-0.2, 0) is 6.54 Å². The Morgan fingerprint density at radius 1 is 1.09 bits per heavy atom. The van der Waals surface area contributed by atoms with Gasteiger partial charge in [0.25, 0.3) is 5.91 Å². The summed E-state index contributed by atoms with van der Waals surface area (Å²) in [4.78, 5) is 21.4. The van der Waals surface area contributed by atoms with E-state index in [1.54, 1.807) is 19.3 Å². The van der Waals surface area contributed by atoms with E-state index in [0.29, 0.717) is 30.1 Å². The van der Waals surface area contributed by atoms with E-state index in [0.717, 1.165) is 28.1 Å². The number of carbonyl (C=O) groups excluding carboxylic acids is 1. The summed E-state index contributed by atoms with van der Waals surface area (Å²) in [7, 11) is 0. The van der Waals surface area contributed by atoms with E-state index in [-0.39, 0.29) is 11.8 Å². The molecule has 4 rings (SSSR count). The molecule has 0 radical (unpaired) electrons. The van der Waals surface area contributed by atoms with Crippen molar-refractivity contribution in [2.75, 3.05) is 6.54 Å². The lowest BCUT2D eigenvalue weighted by atomic mass is 10.0. The van der Waals surface area contributed by atoms with Gasteiger partial charge >= 0.3 is 0 Å². The molecule has 0 saturated heterocycles. The zero-order valence-electron chi connectivity index (χ0n) is 18.7. The van der Waals surface area contributed by atoms with Gasteiger partial charge in [-0.05, 0) is 49.6 Å². The Kier molecular flexibility index (Phi) is 6.11. The number of amides is 1. The number of aromatic nitrogens is 5. The van der Waals surface area contributed by atoms with Gasteiger partial charge in [-0.1, -0.05) is 19.0 Å². The third-order valence-electron chi connectivity index (χ3n) is 5.29. The van der Waals surface area contributed by atoms with Crippen LogP contribution in [0.4, 0.5) is 0 Å². The van der Waals surface area contributed by atoms with E-state index >= 15 is 0 Å². The Bertz CT molecular complexity index is 1210. The lowest BCUT2D eigenvalue weighted by Crippen LogP contribution is -2.28. The molecule has 0 unspecified atom stereocenters. The largest absolute Gasteiger partial charge is 0.361 e. The lowest BCUT2D eigenvalue weighted by molar-refractivity contribution is 0.0949. The predicted octanol–water partition coefficient (Wildman–Crippen LogP) is 4.17. The van der Waals surface area contributed by atoms with Crippen molar-refractivity contribution in [2.45, 2.75) is 40.2 Å². The first-order valence-corrected chi connectivity index (χ1v) is 10.6. The summed E-state index contributed by atoms with van der Waals surface area (Å²) in [6.45, 7) is 8.59. The number of pyridine rings is 2. The average molecular weight is 431 g/mol. The van der Waals surface area contributed by atoms with Crippen molar-refractivity contribution >= 4 is 5.91 Å². The number of nitrogens with zero attached hydrogens (tertiary/aromatic N) is 5. The molecule has 4 aromatic heterocycles. The molecule has 164 valence electrons. The second-order valence-corrected chi connectivity index (χ2v) is 7.96. The van der Waals surface area contributed by atoms with Gasteiger partial charge in [-0.2, -0.15) is 5.10 Å². The second-order valence-electron chi connectivity index (χ2n) is 7.96. The van der Waals surface area contributed by atoms with Crippen LogP contribution >= 0.6 is 0 Å². The van der Waals surface area contributed by atoms with Gasteiger partial charge in [0.2, 0.25) is 0 Å². The monoisotopic (exact) mass is 430 g/mol. The SMILES string of the molecule is Cc1ccc(-c2c(-c3ccncc3)cnn2CCNC(=O)c2c(C(C)C)noc2C)cn1. The van der Waals surface area contributed by atoms with Crippen LogP contribution in [0.3, 0.4) is 0 Å². The maximum atomic E-state index is 12.8. The van der Waals surface area contributed by atoms with Crippen molar-refractivity contribution in [1.82, 2.24) is 30.2 Å². The number of aryl methyl sites for hydroxylation is 2. The number of hydrogen-bond donors (Lipinski definition) is 1. The number of hydrogen-bond acceptors (Lipinski definition) is 6. The van der Waals surface area contributed by atoms with E-state index in [2.05, 4.69) is 25.5 Å². The molecule has 4 aromatic rings. The lowest BCUT2D eigenvalue weighted by Gasteiger charge is -2.12. The summed E-state index contributed by atoms with van der Waals surface area (Å²) in [6.07, 6.45) is 7.21. The van der Waals surface area contributed by atoms with Crippen molar-refractivity contribution in [1.29, 1.82) is 0 Å². The van der Waals surface area contributed by atoms with Gasteiger partial charge in [0.15, 0.2) is 0 Å². The Labute approximate surface area is 186 Å². The minimum absolute atomic E-state index is 0.0999. The van der Waals surface area contributed by atoms with E-state index < -0.39 is 0 Å². The maximum absolute atomic E-state index is 12.8. The molecule has 8 heteroatoms. The van der Waals surface area contributed by atoms with Gasteiger partial charge in [0, 0.05) is 42.0 Å². The molecular weight excluding hydrogens is 404 g/mol. The third-order valence-corrected chi connectivity index (χ3v) is 5.29. The summed E-state index contributed by atoms with van der Waals surface area (Å²) >= 11 is 0. The van der Waals surface area contributed by atoms with Crippen molar-refractivity contribution in [3.05, 3.63) is 71.8 Å². The van der Waals surface area contributed by atoms with Crippen molar-refractivity contribution in [3.8, 4) is 22.4 Å². The van der Waals surface area contributed by atoms with Gasteiger partial charge in [-0.25, -0.2) is 0 Å². The van der Waals surface area contributed by atoms with Gasteiger partial charge in [0.05, 0.1) is 24.1 Å². The Morgan fingerprint density at radius 3 is 2.56 bits per heavy atom. The molecule has 0 spiro atoms. The molecule has 0 atom stereocenters. The fraction of sp³-hybridized carbons (Fsp3) is 0.292. The minimum atomic E-state index is -0.187. The van der Waals surface area contributed by atoms with Crippen LogP contribution in [0.25, 0.3) is 22.4 Å². The topological polar surface area (TPSA) is 98.7 Å². The first kappa shape index (κ1) is 21.4.